The SMILES string of the molecule is NC1CCC(OC[C@@H](F)c2ccccc2F)CC1. The first-order valence-electron chi connectivity index (χ1n) is 6.42. The van der Waals surface area contributed by atoms with E-state index >= 15 is 0 Å². The summed E-state index contributed by atoms with van der Waals surface area (Å²) in [5.41, 5.74) is 5.86. The van der Waals surface area contributed by atoms with Crippen molar-refractivity contribution in [2.24, 2.45) is 5.73 Å². The second-order valence-electron chi connectivity index (χ2n) is 4.86. The van der Waals surface area contributed by atoms with Crippen molar-refractivity contribution in [1.82, 2.24) is 0 Å². The van der Waals surface area contributed by atoms with Crippen molar-refractivity contribution in [2.75, 3.05) is 6.61 Å². The summed E-state index contributed by atoms with van der Waals surface area (Å²) in [6.07, 6.45) is 2.23. The maximum atomic E-state index is 13.8. The number of rotatable bonds is 4. The van der Waals surface area contributed by atoms with E-state index in [2.05, 4.69) is 0 Å². The Morgan fingerprint density at radius 3 is 2.56 bits per heavy atom. The molecule has 2 nitrogen and oxygen atoms in total. The lowest BCUT2D eigenvalue weighted by atomic mass is 9.94. The van der Waals surface area contributed by atoms with Crippen LogP contribution >= 0.6 is 0 Å². The van der Waals surface area contributed by atoms with E-state index in [-0.39, 0.29) is 24.3 Å². The first kappa shape index (κ1) is 13.4. The molecule has 1 aromatic carbocycles. The summed E-state index contributed by atoms with van der Waals surface area (Å²) in [5, 5.41) is 0. The van der Waals surface area contributed by atoms with Crippen molar-refractivity contribution in [3.8, 4) is 0 Å². The molecule has 0 aliphatic heterocycles. The van der Waals surface area contributed by atoms with Gasteiger partial charge in [0.2, 0.25) is 0 Å². The Morgan fingerprint density at radius 1 is 1.22 bits per heavy atom. The number of halogens is 2. The molecule has 18 heavy (non-hydrogen) atoms. The number of alkyl halides is 1. The number of hydrogen-bond acceptors (Lipinski definition) is 2. The van der Waals surface area contributed by atoms with Gasteiger partial charge in [-0.25, -0.2) is 8.78 Å². The third-order valence-electron chi connectivity index (χ3n) is 3.44. The van der Waals surface area contributed by atoms with Gasteiger partial charge in [0.05, 0.1) is 12.7 Å². The second-order valence-corrected chi connectivity index (χ2v) is 4.86. The molecule has 1 atom stereocenters. The summed E-state index contributed by atoms with van der Waals surface area (Å²) in [6, 6.07) is 6.15. The summed E-state index contributed by atoms with van der Waals surface area (Å²) in [7, 11) is 0. The lowest BCUT2D eigenvalue weighted by molar-refractivity contribution is -0.00404. The maximum Gasteiger partial charge on any atom is 0.151 e. The van der Waals surface area contributed by atoms with Crippen molar-refractivity contribution in [1.29, 1.82) is 0 Å². The molecular formula is C14H19F2NO. The second kappa shape index (κ2) is 6.25. The van der Waals surface area contributed by atoms with E-state index in [1.807, 2.05) is 0 Å². The van der Waals surface area contributed by atoms with Crippen LogP contribution in [0, 0.1) is 5.82 Å². The zero-order valence-electron chi connectivity index (χ0n) is 10.3. The van der Waals surface area contributed by atoms with Crippen molar-refractivity contribution >= 4 is 0 Å². The van der Waals surface area contributed by atoms with Gasteiger partial charge < -0.3 is 10.5 Å². The predicted octanol–water partition coefficient (Wildman–Crippen LogP) is 3.12. The van der Waals surface area contributed by atoms with Crippen LogP contribution in [-0.2, 0) is 4.74 Å². The van der Waals surface area contributed by atoms with Gasteiger partial charge in [0.15, 0.2) is 6.17 Å². The van der Waals surface area contributed by atoms with Crippen LogP contribution in [0.1, 0.15) is 37.4 Å². The Bertz CT molecular complexity index is 378. The lowest BCUT2D eigenvalue weighted by Crippen LogP contribution is -2.30. The minimum absolute atomic E-state index is 0.0647. The van der Waals surface area contributed by atoms with Crippen molar-refractivity contribution in [3.05, 3.63) is 35.6 Å². The minimum Gasteiger partial charge on any atom is -0.375 e. The van der Waals surface area contributed by atoms with Gasteiger partial charge in [-0.1, -0.05) is 18.2 Å². The van der Waals surface area contributed by atoms with Crippen LogP contribution in [0.25, 0.3) is 0 Å². The average molecular weight is 255 g/mol. The van der Waals surface area contributed by atoms with Crippen LogP contribution in [-0.4, -0.2) is 18.8 Å². The van der Waals surface area contributed by atoms with Crippen LogP contribution < -0.4 is 5.73 Å². The molecule has 1 aliphatic rings. The molecule has 2 N–H and O–H groups in total. The van der Waals surface area contributed by atoms with Gasteiger partial charge in [-0.15, -0.1) is 0 Å². The molecule has 0 saturated heterocycles. The third-order valence-corrected chi connectivity index (χ3v) is 3.44. The number of benzene rings is 1. The smallest absolute Gasteiger partial charge is 0.151 e. The van der Waals surface area contributed by atoms with E-state index in [9.17, 15) is 8.78 Å². The van der Waals surface area contributed by atoms with Gasteiger partial charge in [-0.2, -0.15) is 0 Å². The highest BCUT2D eigenvalue weighted by atomic mass is 19.1. The van der Waals surface area contributed by atoms with Crippen LogP contribution in [0.3, 0.4) is 0 Å². The fourth-order valence-electron chi connectivity index (χ4n) is 2.29. The van der Waals surface area contributed by atoms with Crippen LogP contribution in [0.4, 0.5) is 8.78 Å². The van der Waals surface area contributed by atoms with Gasteiger partial charge in [0.25, 0.3) is 0 Å². The molecule has 1 saturated carbocycles. The Balaban J connectivity index is 1.81. The summed E-state index contributed by atoms with van der Waals surface area (Å²) in [6.45, 7) is -0.0825. The molecule has 1 aliphatic carbocycles. The normalized spacial score (nSPS) is 25.9. The number of nitrogens with two attached hydrogens (primary N) is 1. The Kier molecular flexibility index (Phi) is 4.66. The molecule has 0 aromatic heterocycles. The molecule has 2 rings (SSSR count). The van der Waals surface area contributed by atoms with Crippen molar-refractivity contribution in [3.63, 3.8) is 0 Å². The van der Waals surface area contributed by atoms with Gasteiger partial charge in [-0.3, -0.25) is 0 Å². The van der Waals surface area contributed by atoms with Gasteiger partial charge >= 0.3 is 0 Å². The zero-order chi connectivity index (χ0) is 13.0. The molecule has 0 radical (unpaired) electrons. The third kappa shape index (κ3) is 3.50. The summed E-state index contributed by atoms with van der Waals surface area (Å²) in [5.74, 6) is -0.515. The fraction of sp³-hybridized carbons (Fsp3) is 0.571. The summed E-state index contributed by atoms with van der Waals surface area (Å²) < 4.78 is 32.7. The van der Waals surface area contributed by atoms with Crippen molar-refractivity contribution < 1.29 is 13.5 Å². The minimum atomic E-state index is -1.40. The Hall–Kier alpha value is -1.00. The number of ether oxygens (including phenoxy) is 1. The molecule has 0 heterocycles. The van der Waals surface area contributed by atoms with E-state index in [0.29, 0.717) is 0 Å². The highest BCUT2D eigenvalue weighted by Crippen LogP contribution is 2.24. The van der Waals surface area contributed by atoms with Gasteiger partial charge in [-0.05, 0) is 31.7 Å². The molecule has 1 fully saturated rings. The molecule has 0 unspecified atom stereocenters. The van der Waals surface area contributed by atoms with Gasteiger partial charge in [0, 0.05) is 11.6 Å². The van der Waals surface area contributed by atoms with Crippen LogP contribution in [0.2, 0.25) is 0 Å². The van der Waals surface area contributed by atoms with Crippen molar-refractivity contribution in [2.45, 2.75) is 44.0 Å². The lowest BCUT2D eigenvalue weighted by Gasteiger charge is -2.26. The standard InChI is InChI=1S/C14H19F2NO/c15-13-4-2-1-3-12(13)14(16)9-18-11-7-5-10(17)6-8-11/h1-4,10-11,14H,5-9,17H2/t10?,11?,14-/m1/s1. The van der Waals surface area contributed by atoms with Gasteiger partial charge in [0.1, 0.15) is 5.82 Å². The molecule has 0 bridgehead atoms. The van der Waals surface area contributed by atoms with E-state index in [0.717, 1.165) is 25.7 Å². The highest BCUT2D eigenvalue weighted by Gasteiger charge is 2.21. The quantitative estimate of drug-likeness (QED) is 0.897. The molecule has 1 aromatic rings. The topological polar surface area (TPSA) is 35.2 Å². The molecule has 0 spiro atoms. The first-order valence-corrected chi connectivity index (χ1v) is 6.42. The largest absolute Gasteiger partial charge is 0.375 e. The molecular weight excluding hydrogens is 236 g/mol. The number of hydrogen-bond donors (Lipinski definition) is 1. The monoisotopic (exact) mass is 255 g/mol. The molecule has 4 heteroatoms. The van der Waals surface area contributed by atoms with E-state index < -0.39 is 12.0 Å². The first-order chi connectivity index (χ1) is 8.66. The average Bonchev–Trinajstić information content (AvgIpc) is 2.38. The zero-order valence-corrected chi connectivity index (χ0v) is 10.3. The van der Waals surface area contributed by atoms with Crippen LogP contribution in [0.5, 0.6) is 0 Å². The van der Waals surface area contributed by atoms with E-state index in [4.69, 9.17) is 10.5 Å². The molecule has 0 amide bonds. The van der Waals surface area contributed by atoms with E-state index in [1.54, 1.807) is 12.1 Å². The summed E-state index contributed by atoms with van der Waals surface area (Å²) in [4.78, 5) is 0. The predicted molar refractivity (Wildman–Crippen MR) is 66.4 cm³/mol. The fourth-order valence-corrected chi connectivity index (χ4v) is 2.29. The highest BCUT2D eigenvalue weighted by molar-refractivity contribution is 5.19. The van der Waals surface area contributed by atoms with E-state index in [1.165, 1.54) is 12.1 Å². The Morgan fingerprint density at radius 2 is 1.89 bits per heavy atom. The maximum absolute atomic E-state index is 13.8. The van der Waals surface area contributed by atoms with Crippen LogP contribution in [0.15, 0.2) is 24.3 Å². The summed E-state index contributed by atoms with van der Waals surface area (Å²) >= 11 is 0. The Labute approximate surface area is 106 Å². The molecule has 100 valence electrons.